The van der Waals surface area contributed by atoms with Crippen molar-refractivity contribution >= 4 is 21.8 Å². The Morgan fingerprint density at radius 2 is 2.10 bits per heavy atom. The number of carbonyl (C=O) groups excluding carboxylic acids is 1. The number of benzene rings is 1. The Labute approximate surface area is 128 Å². The van der Waals surface area contributed by atoms with Crippen molar-refractivity contribution in [2.45, 2.75) is 26.2 Å². The van der Waals surface area contributed by atoms with Gasteiger partial charge in [-0.1, -0.05) is 6.07 Å². The van der Waals surface area contributed by atoms with Crippen LogP contribution in [-0.2, 0) is 4.79 Å². The minimum absolute atomic E-state index is 0.0398. The zero-order chi connectivity index (χ0) is 15.0. The molecule has 0 unspecified atom stereocenters. The second-order valence-corrected chi connectivity index (χ2v) is 5.68. The summed E-state index contributed by atoms with van der Waals surface area (Å²) in [5.74, 6) is 0.638. The average molecular weight is 344 g/mol. The van der Waals surface area contributed by atoms with Gasteiger partial charge in [-0.05, 0) is 59.8 Å². The van der Waals surface area contributed by atoms with Gasteiger partial charge in [0, 0.05) is 20.2 Å². The number of carbonyl (C=O) groups is 1. The van der Waals surface area contributed by atoms with E-state index < -0.39 is 0 Å². The molecule has 1 N–H and O–H groups in total. The van der Waals surface area contributed by atoms with E-state index in [1.165, 1.54) is 0 Å². The molecule has 0 aromatic heterocycles. The number of aliphatic hydroxyl groups excluding tert-OH is 1. The molecule has 0 fully saturated rings. The van der Waals surface area contributed by atoms with E-state index in [0.29, 0.717) is 12.3 Å². The zero-order valence-corrected chi connectivity index (χ0v) is 13.6. The summed E-state index contributed by atoms with van der Waals surface area (Å²) in [4.78, 5) is 13.6. The number of rotatable bonds is 8. The first-order valence-electron chi connectivity index (χ1n) is 6.78. The van der Waals surface area contributed by atoms with Crippen LogP contribution < -0.4 is 4.74 Å². The number of hydrogen-bond donors (Lipinski definition) is 1. The van der Waals surface area contributed by atoms with E-state index in [1.54, 1.807) is 11.9 Å². The minimum atomic E-state index is -0.0403. The Balaban J connectivity index is 2.34. The van der Waals surface area contributed by atoms with Crippen molar-refractivity contribution in [3.8, 4) is 5.75 Å². The van der Waals surface area contributed by atoms with E-state index in [9.17, 15) is 4.79 Å². The number of amides is 1. The van der Waals surface area contributed by atoms with E-state index in [1.807, 2.05) is 25.1 Å². The molecule has 0 radical (unpaired) electrons. The monoisotopic (exact) mass is 343 g/mol. The molecular weight excluding hydrogens is 322 g/mol. The molecule has 1 rings (SSSR count). The number of aryl methyl sites for hydroxylation is 1. The maximum Gasteiger partial charge on any atom is 0.260 e. The van der Waals surface area contributed by atoms with E-state index in [0.717, 1.165) is 29.3 Å². The van der Waals surface area contributed by atoms with E-state index in [2.05, 4.69) is 15.9 Å². The van der Waals surface area contributed by atoms with Crippen LogP contribution in [0.4, 0.5) is 0 Å². The summed E-state index contributed by atoms with van der Waals surface area (Å²) in [6.07, 6.45) is 2.62. The van der Waals surface area contributed by atoms with E-state index in [-0.39, 0.29) is 19.1 Å². The third kappa shape index (κ3) is 5.92. The van der Waals surface area contributed by atoms with Crippen LogP contribution in [0.1, 0.15) is 24.8 Å². The van der Waals surface area contributed by atoms with Gasteiger partial charge in [-0.15, -0.1) is 0 Å². The molecular formula is C15H22BrNO3. The molecule has 1 aromatic carbocycles. The highest BCUT2D eigenvalue weighted by Gasteiger charge is 2.10. The lowest BCUT2D eigenvalue weighted by atomic mass is 10.2. The molecule has 0 atom stereocenters. The van der Waals surface area contributed by atoms with Crippen LogP contribution in [0.25, 0.3) is 0 Å². The van der Waals surface area contributed by atoms with Gasteiger partial charge < -0.3 is 14.7 Å². The van der Waals surface area contributed by atoms with Crippen LogP contribution in [0.3, 0.4) is 0 Å². The SMILES string of the molecule is Cc1ccc(OCC(=O)N(C)CCCCCO)c(Br)c1. The van der Waals surface area contributed by atoms with Gasteiger partial charge in [-0.2, -0.15) is 0 Å². The second-order valence-electron chi connectivity index (χ2n) is 4.82. The standard InChI is InChI=1S/C15H22BrNO3/c1-12-6-7-14(13(16)10-12)20-11-15(19)17(2)8-4-3-5-9-18/h6-7,10,18H,3-5,8-9,11H2,1-2H3. The fourth-order valence-corrected chi connectivity index (χ4v) is 2.34. The van der Waals surface area contributed by atoms with Crippen molar-refractivity contribution in [1.29, 1.82) is 0 Å². The Kier molecular flexibility index (Phi) is 7.62. The molecule has 1 amide bonds. The number of likely N-dealkylation sites (N-methyl/N-ethyl adjacent to an activating group) is 1. The third-order valence-corrected chi connectivity index (χ3v) is 3.64. The fourth-order valence-electron chi connectivity index (χ4n) is 1.73. The van der Waals surface area contributed by atoms with Crippen molar-refractivity contribution in [3.63, 3.8) is 0 Å². The zero-order valence-electron chi connectivity index (χ0n) is 12.1. The van der Waals surface area contributed by atoms with Gasteiger partial charge in [-0.3, -0.25) is 4.79 Å². The van der Waals surface area contributed by atoms with Gasteiger partial charge in [0.25, 0.3) is 5.91 Å². The normalized spacial score (nSPS) is 10.4. The fraction of sp³-hybridized carbons (Fsp3) is 0.533. The minimum Gasteiger partial charge on any atom is -0.483 e. The molecule has 112 valence electrons. The van der Waals surface area contributed by atoms with Crippen LogP contribution in [0.5, 0.6) is 5.75 Å². The predicted octanol–water partition coefficient (Wildman–Crippen LogP) is 2.76. The summed E-state index contributed by atoms with van der Waals surface area (Å²) < 4.78 is 6.38. The van der Waals surface area contributed by atoms with Crippen LogP contribution in [0.2, 0.25) is 0 Å². The molecule has 5 heteroatoms. The highest BCUT2D eigenvalue weighted by molar-refractivity contribution is 9.10. The Morgan fingerprint density at radius 3 is 2.75 bits per heavy atom. The van der Waals surface area contributed by atoms with Crippen LogP contribution in [0.15, 0.2) is 22.7 Å². The molecule has 0 heterocycles. The quantitative estimate of drug-likeness (QED) is 0.738. The van der Waals surface area contributed by atoms with Crippen molar-refractivity contribution in [3.05, 3.63) is 28.2 Å². The van der Waals surface area contributed by atoms with Crippen molar-refractivity contribution in [1.82, 2.24) is 4.90 Å². The number of unbranched alkanes of at least 4 members (excludes halogenated alkanes) is 2. The summed E-state index contributed by atoms with van der Waals surface area (Å²) in [7, 11) is 1.77. The van der Waals surface area contributed by atoms with Gasteiger partial charge in [0.2, 0.25) is 0 Å². The van der Waals surface area contributed by atoms with Crippen LogP contribution in [0, 0.1) is 6.92 Å². The number of halogens is 1. The maximum absolute atomic E-state index is 11.9. The largest absolute Gasteiger partial charge is 0.483 e. The lowest BCUT2D eigenvalue weighted by molar-refractivity contribution is -0.132. The summed E-state index contributed by atoms with van der Waals surface area (Å²) >= 11 is 3.42. The summed E-state index contributed by atoms with van der Waals surface area (Å²) in [5.41, 5.74) is 1.14. The third-order valence-electron chi connectivity index (χ3n) is 3.02. The summed E-state index contributed by atoms with van der Waals surface area (Å²) in [6, 6.07) is 5.76. The van der Waals surface area contributed by atoms with Crippen molar-refractivity contribution in [2.24, 2.45) is 0 Å². The van der Waals surface area contributed by atoms with E-state index in [4.69, 9.17) is 9.84 Å². The van der Waals surface area contributed by atoms with Gasteiger partial charge >= 0.3 is 0 Å². The highest BCUT2D eigenvalue weighted by atomic mass is 79.9. The number of aliphatic hydroxyl groups is 1. The van der Waals surface area contributed by atoms with Gasteiger partial charge in [0.1, 0.15) is 5.75 Å². The molecule has 0 aliphatic heterocycles. The van der Waals surface area contributed by atoms with Gasteiger partial charge in [0.15, 0.2) is 6.61 Å². The first-order valence-corrected chi connectivity index (χ1v) is 7.57. The number of nitrogens with zero attached hydrogens (tertiary/aromatic N) is 1. The molecule has 4 nitrogen and oxygen atoms in total. The molecule has 0 saturated heterocycles. The van der Waals surface area contributed by atoms with Gasteiger partial charge in [-0.25, -0.2) is 0 Å². The summed E-state index contributed by atoms with van der Waals surface area (Å²) in [5, 5.41) is 8.69. The Bertz CT molecular complexity index is 437. The van der Waals surface area contributed by atoms with Crippen LogP contribution in [-0.4, -0.2) is 42.7 Å². The first kappa shape index (κ1) is 17.0. The second kappa shape index (κ2) is 8.97. The smallest absolute Gasteiger partial charge is 0.260 e. The molecule has 0 spiro atoms. The Morgan fingerprint density at radius 1 is 1.35 bits per heavy atom. The lowest BCUT2D eigenvalue weighted by Crippen LogP contribution is -2.32. The van der Waals surface area contributed by atoms with Crippen LogP contribution >= 0.6 is 15.9 Å². The maximum atomic E-state index is 11.9. The van der Waals surface area contributed by atoms with Crippen molar-refractivity contribution < 1.29 is 14.6 Å². The topological polar surface area (TPSA) is 49.8 Å². The molecule has 0 bridgehead atoms. The van der Waals surface area contributed by atoms with Gasteiger partial charge in [0.05, 0.1) is 4.47 Å². The average Bonchev–Trinajstić information content (AvgIpc) is 2.42. The summed E-state index contributed by atoms with van der Waals surface area (Å²) in [6.45, 7) is 2.94. The molecule has 1 aromatic rings. The predicted molar refractivity (Wildman–Crippen MR) is 82.9 cm³/mol. The molecule has 20 heavy (non-hydrogen) atoms. The highest BCUT2D eigenvalue weighted by Crippen LogP contribution is 2.25. The van der Waals surface area contributed by atoms with E-state index >= 15 is 0 Å². The Hall–Kier alpha value is -1.07. The van der Waals surface area contributed by atoms with Crippen molar-refractivity contribution in [2.75, 3.05) is 26.8 Å². The number of hydrogen-bond acceptors (Lipinski definition) is 3. The number of ether oxygens (including phenoxy) is 1. The molecule has 0 saturated carbocycles. The first-order chi connectivity index (χ1) is 9.54. The molecule has 0 aliphatic rings. The molecule has 0 aliphatic carbocycles. The lowest BCUT2D eigenvalue weighted by Gasteiger charge is -2.17.